The molecule has 1 aliphatic heterocycles. The van der Waals surface area contributed by atoms with Crippen LogP contribution in [-0.4, -0.2) is 44.1 Å². The van der Waals surface area contributed by atoms with Crippen LogP contribution in [0, 0.1) is 5.41 Å². The summed E-state index contributed by atoms with van der Waals surface area (Å²) in [7, 11) is 0. The number of aromatic amines is 1. The fourth-order valence-electron chi connectivity index (χ4n) is 4.16. The number of benzene rings is 1. The zero-order valence-corrected chi connectivity index (χ0v) is 18.3. The second-order valence-electron chi connectivity index (χ2n) is 8.47. The molecule has 1 fully saturated rings. The van der Waals surface area contributed by atoms with E-state index >= 15 is 0 Å². The topological polar surface area (TPSA) is 95.0 Å². The third-order valence-corrected chi connectivity index (χ3v) is 6.30. The summed E-state index contributed by atoms with van der Waals surface area (Å²) in [5.74, 6) is 0.774. The fourth-order valence-corrected chi connectivity index (χ4v) is 4.33. The summed E-state index contributed by atoms with van der Waals surface area (Å²) >= 11 is 6.06. The van der Waals surface area contributed by atoms with E-state index in [1.165, 1.54) is 0 Å². The predicted molar refractivity (Wildman–Crippen MR) is 125 cm³/mol. The lowest BCUT2D eigenvalue weighted by Gasteiger charge is -2.38. The van der Waals surface area contributed by atoms with Crippen molar-refractivity contribution in [3.8, 4) is 22.6 Å². The van der Waals surface area contributed by atoms with E-state index in [0.717, 1.165) is 52.5 Å². The smallest absolute Gasteiger partial charge is 0.311 e. The molecule has 8 heteroatoms. The summed E-state index contributed by atoms with van der Waals surface area (Å²) in [5, 5.41) is 10.2. The van der Waals surface area contributed by atoms with Crippen molar-refractivity contribution in [1.29, 1.82) is 0 Å². The number of H-pyrrole nitrogens is 1. The number of carboxylic acids is 1. The second-order valence-corrected chi connectivity index (χ2v) is 8.91. The molecular formula is C24H22ClN5O2. The summed E-state index contributed by atoms with van der Waals surface area (Å²) in [4.78, 5) is 30.7. The Morgan fingerprint density at radius 3 is 2.66 bits per heavy atom. The monoisotopic (exact) mass is 447 g/mol. The van der Waals surface area contributed by atoms with E-state index in [-0.39, 0.29) is 0 Å². The number of aromatic nitrogens is 4. The molecule has 0 bridgehead atoms. The lowest BCUT2D eigenvalue weighted by molar-refractivity contribution is -0.148. The van der Waals surface area contributed by atoms with Gasteiger partial charge in [0.05, 0.1) is 22.1 Å². The number of imidazole rings is 1. The van der Waals surface area contributed by atoms with Crippen molar-refractivity contribution in [2.45, 2.75) is 19.8 Å². The van der Waals surface area contributed by atoms with Crippen LogP contribution in [0.2, 0.25) is 5.02 Å². The van der Waals surface area contributed by atoms with Gasteiger partial charge in [-0.25, -0.2) is 9.97 Å². The lowest BCUT2D eigenvalue weighted by Crippen LogP contribution is -2.46. The maximum absolute atomic E-state index is 11.6. The van der Waals surface area contributed by atoms with Gasteiger partial charge in [0.15, 0.2) is 0 Å². The van der Waals surface area contributed by atoms with Crippen molar-refractivity contribution in [2.24, 2.45) is 5.41 Å². The number of halogens is 1. The standard InChI is InChI=1S/C24H22ClN5O2/c1-24(23(31)32)9-2-10-30(14-24)21-8-4-15(12-27-21)18-6-3-16(13-26-18)22-28-19-7-5-17(25)11-20(19)29-22/h3-8,11-13H,2,9-10,14H2,1H3,(H,28,29)(H,31,32). The van der Waals surface area contributed by atoms with Gasteiger partial charge in [0, 0.05) is 41.6 Å². The summed E-state index contributed by atoms with van der Waals surface area (Å²) in [6.45, 7) is 3.08. The highest BCUT2D eigenvalue weighted by atomic mass is 35.5. The van der Waals surface area contributed by atoms with E-state index < -0.39 is 11.4 Å². The van der Waals surface area contributed by atoms with Crippen LogP contribution in [-0.2, 0) is 4.79 Å². The maximum Gasteiger partial charge on any atom is 0.311 e. The van der Waals surface area contributed by atoms with Gasteiger partial charge in [0.1, 0.15) is 11.6 Å². The van der Waals surface area contributed by atoms with Crippen LogP contribution in [0.25, 0.3) is 33.7 Å². The molecule has 5 rings (SSSR count). The number of carboxylic acid groups (broad SMARTS) is 1. The number of carbonyl (C=O) groups is 1. The quantitative estimate of drug-likeness (QED) is 0.455. The van der Waals surface area contributed by atoms with E-state index in [1.807, 2.05) is 47.4 Å². The molecule has 3 aromatic heterocycles. The second kappa shape index (κ2) is 7.91. The number of nitrogens with one attached hydrogen (secondary N) is 1. The maximum atomic E-state index is 11.6. The Labute approximate surface area is 190 Å². The number of nitrogens with zero attached hydrogens (tertiary/aromatic N) is 4. The minimum Gasteiger partial charge on any atom is -0.481 e. The van der Waals surface area contributed by atoms with Crippen LogP contribution in [0.1, 0.15) is 19.8 Å². The number of rotatable bonds is 4. The summed E-state index contributed by atoms with van der Waals surface area (Å²) < 4.78 is 0. The Bertz CT molecular complexity index is 1290. The molecule has 1 aromatic carbocycles. The zero-order valence-electron chi connectivity index (χ0n) is 17.5. The molecule has 4 aromatic rings. The minimum atomic E-state index is -0.754. The Morgan fingerprint density at radius 1 is 1.12 bits per heavy atom. The molecule has 32 heavy (non-hydrogen) atoms. The van der Waals surface area contributed by atoms with E-state index in [2.05, 4.69) is 19.9 Å². The number of piperidine rings is 1. The van der Waals surface area contributed by atoms with Crippen molar-refractivity contribution in [3.05, 3.63) is 59.9 Å². The molecule has 1 aliphatic rings. The number of hydrogen-bond donors (Lipinski definition) is 2. The molecule has 0 spiro atoms. The van der Waals surface area contributed by atoms with E-state index in [9.17, 15) is 9.90 Å². The van der Waals surface area contributed by atoms with Crippen molar-refractivity contribution < 1.29 is 9.90 Å². The minimum absolute atomic E-state index is 0.463. The summed E-state index contributed by atoms with van der Waals surface area (Å²) in [6, 6.07) is 13.4. The van der Waals surface area contributed by atoms with Gasteiger partial charge in [-0.15, -0.1) is 0 Å². The van der Waals surface area contributed by atoms with Crippen LogP contribution >= 0.6 is 11.6 Å². The van der Waals surface area contributed by atoms with E-state index in [1.54, 1.807) is 19.3 Å². The number of hydrogen-bond acceptors (Lipinski definition) is 5. The highest BCUT2D eigenvalue weighted by Crippen LogP contribution is 2.32. The number of fused-ring (bicyclic) bond motifs is 1. The van der Waals surface area contributed by atoms with Crippen molar-refractivity contribution in [2.75, 3.05) is 18.0 Å². The molecular weight excluding hydrogens is 426 g/mol. The van der Waals surface area contributed by atoms with E-state index in [0.29, 0.717) is 18.0 Å². The SMILES string of the molecule is CC1(C(=O)O)CCCN(c2ccc(-c3ccc(-c4nc5ccc(Cl)cc5[nH]4)cn3)cn2)C1. The molecule has 1 unspecified atom stereocenters. The molecule has 2 N–H and O–H groups in total. The van der Waals surface area contributed by atoms with Crippen molar-refractivity contribution in [3.63, 3.8) is 0 Å². The highest BCUT2D eigenvalue weighted by molar-refractivity contribution is 6.31. The van der Waals surface area contributed by atoms with Gasteiger partial charge in [0.25, 0.3) is 0 Å². The number of aliphatic carboxylic acids is 1. The van der Waals surface area contributed by atoms with Crippen LogP contribution in [0.4, 0.5) is 5.82 Å². The Hall–Kier alpha value is -3.45. The van der Waals surface area contributed by atoms with Crippen molar-refractivity contribution in [1.82, 2.24) is 19.9 Å². The molecule has 0 radical (unpaired) electrons. The number of pyridine rings is 2. The van der Waals surface area contributed by atoms with Crippen LogP contribution in [0.15, 0.2) is 54.9 Å². The molecule has 0 amide bonds. The van der Waals surface area contributed by atoms with Crippen LogP contribution < -0.4 is 4.90 Å². The molecule has 4 heterocycles. The largest absolute Gasteiger partial charge is 0.481 e. The first-order valence-corrected chi connectivity index (χ1v) is 10.9. The van der Waals surface area contributed by atoms with Gasteiger partial charge in [-0.05, 0) is 62.2 Å². The molecule has 1 atom stereocenters. The Morgan fingerprint density at radius 2 is 1.94 bits per heavy atom. The van der Waals surface area contributed by atoms with E-state index in [4.69, 9.17) is 11.6 Å². The average Bonchev–Trinajstić information content (AvgIpc) is 3.22. The lowest BCUT2D eigenvalue weighted by atomic mass is 9.82. The Balaban J connectivity index is 1.34. The summed E-state index contributed by atoms with van der Waals surface area (Å²) in [6.07, 6.45) is 5.09. The average molecular weight is 448 g/mol. The van der Waals surface area contributed by atoms with Crippen molar-refractivity contribution >= 4 is 34.4 Å². The van der Waals surface area contributed by atoms with Gasteiger partial charge in [-0.2, -0.15) is 0 Å². The Kier molecular flexibility index (Phi) is 5.06. The zero-order chi connectivity index (χ0) is 22.3. The third-order valence-electron chi connectivity index (χ3n) is 6.06. The molecule has 1 saturated heterocycles. The van der Waals surface area contributed by atoms with Gasteiger partial charge in [0.2, 0.25) is 0 Å². The molecule has 0 saturated carbocycles. The van der Waals surface area contributed by atoms with Gasteiger partial charge < -0.3 is 15.0 Å². The first-order chi connectivity index (χ1) is 15.4. The molecule has 0 aliphatic carbocycles. The number of anilines is 1. The van der Waals surface area contributed by atoms with Gasteiger partial charge in [-0.1, -0.05) is 11.6 Å². The third kappa shape index (κ3) is 3.80. The molecule has 7 nitrogen and oxygen atoms in total. The normalized spacial score (nSPS) is 18.8. The fraction of sp³-hybridized carbons (Fsp3) is 0.250. The first-order valence-electron chi connectivity index (χ1n) is 10.5. The first kappa shape index (κ1) is 20.5. The van der Waals surface area contributed by atoms with Crippen LogP contribution in [0.5, 0.6) is 0 Å². The van der Waals surface area contributed by atoms with Gasteiger partial charge >= 0.3 is 5.97 Å². The van der Waals surface area contributed by atoms with Crippen LogP contribution in [0.3, 0.4) is 0 Å². The molecule has 162 valence electrons. The predicted octanol–water partition coefficient (Wildman–Crippen LogP) is 5.03. The summed E-state index contributed by atoms with van der Waals surface area (Å²) in [5.41, 5.74) is 3.58. The highest BCUT2D eigenvalue weighted by Gasteiger charge is 2.38. The van der Waals surface area contributed by atoms with Gasteiger partial charge in [-0.3, -0.25) is 9.78 Å².